The van der Waals surface area contributed by atoms with Gasteiger partial charge in [-0.15, -0.1) is 0 Å². The molecule has 0 saturated carbocycles. The highest BCUT2D eigenvalue weighted by atomic mass is 16.5. The number of para-hydroxylation sites is 1. The van der Waals surface area contributed by atoms with Gasteiger partial charge in [0.25, 0.3) is 5.88 Å². The van der Waals surface area contributed by atoms with E-state index in [0.29, 0.717) is 11.7 Å². The van der Waals surface area contributed by atoms with Crippen LogP contribution in [0.2, 0.25) is 0 Å². The number of aromatic nitrogens is 2. The van der Waals surface area contributed by atoms with Gasteiger partial charge in [-0.05, 0) is 11.5 Å². The molecule has 1 aromatic heterocycles. The summed E-state index contributed by atoms with van der Waals surface area (Å²) in [5, 5.41) is 0. The highest BCUT2D eigenvalue weighted by Gasteiger charge is 2.19. The minimum Gasteiger partial charge on any atom is -0.436 e. The molecule has 18 heavy (non-hydrogen) atoms. The predicted molar refractivity (Wildman–Crippen MR) is 71.7 cm³/mol. The number of nitrogens with zero attached hydrogens (tertiary/aromatic N) is 2. The molecule has 2 N–H and O–H groups in total. The van der Waals surface area contributed by atoms with Gasteiger partial charge in [0.1, 0.15) is 5.75 Å². The van der Waals surface area contributed by atoms with Crippen LogP contribution < -0.4 is 10.5 Å². The lowest BCUT2D eigenvalue weighted by Crippen LogP contribution is -2.12. The van der Waals surface area contributed by atoms with Gasteiger partial charge < -0.3 is 10.5 Å². The summed E-state index contributed by atoms with van der Waals surface area (Å²) in [6.07, 6.45) is 3.10. The molecule has 1 heterocycles. The Kier molecular flexibility index (Phi) is 3.19. The first-order valence-electron chi connectivity index (χ1n) is 5.82. The van der Waals surface area contributed by atoms with Crippen LogP contribution in [0.15, 0.2) is 36.7 Å². The van der Waals surface area contributed by atoms with E-state index < -0.39 is 0 Å². The molecule has 0 bridgehead atoms. The number of nitrogen functional groups attached to an aromatic ring is 1. The molecule has 4 nitrogen and oxygen atoms in total. The van der Waals surface area contributed by atoms with Gasteiger partial charge in [-0.2, -0.15) is 0 Å². The Labute approximate surface area is 107 Å². The van der Waals surface area contributed by atoms with Crippen LogP contribution in [0, 0.1) is 0 Å². The summed E-state index contributed by atoms with van der Waals surface area (Å²) in [6.45, 7) is 6.40. The van der Waals surface area contributed by atoms with Crippen molar-refractivity contribution in [3.05, 3.63) is 42.2 Å². The molecule has 0 aliphatic rings. The molecule has 0 amide bonds. The van der Waals surface area contributed by atoms with Crippen molar-refractivity contribution >= 4 is 5.82 Å². The Morgan fingerprint density at radius 3 is 2.39 bits per heavy atom. The molecule has 0 unspecified atom stereocenters. The van der Waals surface area contributed by atoms with Gasteiger partial charge in [0, 0.05) is 18.0 Å². The highest BCUT2D eigenvalue weighted by molar-refractivity contribution is 5.45. The molecule has 0 aliphatic carbocycles. The average Bonchev–Trinajstić information content (AvgIpc) is 2.31. The third-order valence-corrected chi connectivity index (χ3v) is 2.59. The third kappa shape index (κ3) is 2.59. The number of nitrogens with two attached hydrogens (primary N) is 1. The van der Waals surface area contributed by atoms with Crippen molar-refractivity contribution in [1.29, 1.82) is 0 Å². The van der Waals surface area contributed by atoms with Crippen LogP contribution in [0.25, 0.3) is 0 Å². The second-order valence-electron chi connectivity index (χ2n) is 5.09. The highest BCUT2D eigenvalue weighted by Crippen LogP contribution is 2.34. The summed E-state index contributed by atoms with van der Waals surface area (Å²) in [5.74, 6) is 1.40. The standard InChI is InChI=1S/C14H17N3O/c1-14(2,3)10-6-4-5-7-11(10)18-13-12(15)16-8-9-17-13/h4-9H,1-3H3,(H2,15,16). The molecule has 0 saturated heterocycles. The summed E-state index contributed by atoms with van der Waals surface area (Å²) < 4.78 is 5.77. The van der Waals surface area contributed by atoms with Crippen molar-refractivity contribution in [3.63, 3.8) is 0 Å². The lowest BCUT2D eigenvalue weighted by molar-refractivity contribution is 0.440. The Balaban J connectivity index is 2.39. The quantitative estimate of drug-likeness (QED) is 0.880. The zero-order chi connectivity index (χ0) is 13.2. The lowest BCUT2D eigenvalue weighted by atomic mass is 9.86. The summed E-state index contributed by atoms with van der Waals surface area (Å²) >= 11 is 0. The average molecular weight is 243 g/mol. The topological polar surface area (TPSA) is 61.0 Å². The minimum atomic E-state index is -0.00638. The zero-order valence-electron chi connectivity index (χ0n) is 10.8. The Morgan fingerprint density at radius 1 is 1.06 bits per heavy atom. The Morgan fingerprint density at radius 2 is 1.72 bits per heavy atom. The van der Waals surface area contributed by atoms with Crippen molar-refractivity contribution in [2.45, 2.75) is 26.2 Å². The second-order valence-corrected chi connectivity index (χ2v) is 5.09. The maximum atomic E-state index is 5.77. The molecule has 0 radical (unpaired) electrons. The predicted octanol–water partition coefficient (Wildman–Crippen LogP) is 3.15. The van der Waals surface area contributed by atoms with Gasteiger partial charge in [0.05, 0.1) is 0 Å². The lowest BCUT2D eigenvalue weighted by Gasteiger charge is -2.22. The molecule has 2 rings (SSSR count). The van der Waals surface area contributed by atoms with Crippen LogP contribution in [0.1, 0.15) is 26.3 Å². The fraction of sp³-hybridized carbons (Fsp3) is 0.286. The van der Waals surface area contributed by atoms with E-state index in [-0.39, 0.29) is 5.41 Å². The molecule has 0 aliphatic heterocycles. The Bertz CT molecular complexity index is 547. The van der Waals surface area contributed by atoms with Gasteiger partial charge in [-0.3, -0.25) is 0 Å². The molecular formula is C14H17N3O. The molecule has 0 fully saturated rings. The van der Waals surface area contributed by atoms with Gasteiger partial charge in [0.2, 0.25) is 0 Å². The summed E-state index contributed by atoms with van der Waals surface area (Å²) in [7, 11) is 0. The number of hydrogen-bond acceptors (Lipinski definition) is 4. The van der Waals surface area contributed by atoms with E-state index in [9.17, 15) is 0 Å². The first-order valence-corrected chi connectivity index (χ1v) is 5.82. The van der Waals surface area contributed by atoms with Gasteiger partial charge in [-0.25, -0.2) is 9.97 Å². The van der Waals surface area contributed by atoms with Crippen molar-refractivity contribution in [1.82, 2.24) is 9.97 Å². The van der Waals surface area contributed by atoms with Crippen LogP contribution in [0.4, 0.5) is 5.82 Å². The molecular weight excluding hydrogens is 226 g/mol. The minimum absolute atomic E-state index is 0.00638. The number of rotatable bonds is 2. The van der Waals surface area contributed by atoms with Crippen molar-refractivity contribution in [2.24, 2.45) is 0 Å². The summed E-state index contributed by atoms with van der Waals surface area (Å²) in [5.41, 5.74) is 6.83. The molecule has 0 atom stereocenters. The second kappa shape index (κ2) is 4.64. The summed E-state index contributed by atoms with van der Waals surface area (Å²) in [4.78, 5) is 8.04. The molecule has 4 heteroatoms. The van der Waals surface area contributed by atoms with E-state index in [0.717, 1.165) is 11.3 Å². The molecule has 0 spiro atoms. The fourth-order valence-electron chi connectivity index (χ4n) is 1.69. The van der Waals surface area contributed by atoms with E-state index in [4.69, 9.17) is 10.5 Å². The van der Waals surface area contributed by atoms with Crippen LogP contribution in [0.3, 0.4) is 0 Å². The largest absolute Gasteiger partial charge is 0.436 e. The normalized spacial score (nSPS) is 11.3. The van der Waals surface area contributed by atoms with Gasteiger partial charge in [0.15, 0.2) is 5.82 Å². The SMILES string of the molecule is CC(C)(C)c1ccccc1Oc1nccnc1N. The number of ether oxygens (including phenoxy) is 1. The summed E-state index contributed by atoms with van der Waals surface area (Å²) in [6, 6.07) is 7.88. The van der Waals surface area contributed by atoms with Crippen LogP contribution in [0.5, 0.6) is 11.6 Å². The smallest absolute Gasteiger partial charge is 0.262 e. The Hall–Kier alpha value is -2.10. The first-order chi connectivity index (χ1) is 8.48. The van der Waals surface area contributed by atoms with E-state index in [1.165, 1.54) is 6.20 Å². The molecule has 2 aromatic rings. The van der Waals surface area contributed by atoms with E-state index in [1.807, 2.05) is 24.3 Å². The van der Waals surface area contributed by atoms with Crippen LogP contribution in [-0.4, -0.2) is 9.97 Å². The van der Waals surface area contributed by atoms with Crippen LogP contribution >= 0.6 is 0 Å². The number of benzene rings is 1. The third-order valence-electron chi connectivity index (χ3n) is 2.59. The van der Waals surface area contributed by atoms with Gasteiger partial charge >= 0.3 is 0 Å². The maximum Gasteiger partial charge on any atom is 0.262 e. The monoisotopic (exact) mass is 243 g/mol. The number of hydrogen-bond donors (Lipinski definition) is 1. The van der Waals surface area contributed by atoms with E-state index >= 15 is 0 Å². The van der Waals surface area contributed by atoms with E-state index in [1.54, 1.807) is 6.20 Å². The first kappa shape index (κ1) is 12.4. The maximum absolute atomic E-state index is 5.77. The molecule has 1 aromatic carbocycles. The zero-order valence-corrected chi connectivity index (χ0v) is 10.8. The van der Waals surface area contributed by atoms with E-state index in [2.05, 4.69) is 30.7 Å². The number of anilines is 1. The molecule has 94 valence electrons. The van der Waals surface area contributed by atoms with Crippen molar-refractivity contribution in [2.75, 3.05) is 5.73 Å². The van der Waals surface area contributed by atoms with Crippen molar-refractivity contribution < 1.29 is 4.74 Å². The van der Waals surface area contributed by atoms with Gasteiger partial charge in [-0.1, -0.05) is 39.0 Å². The fourth-order valence-corrected chi connectivity index (χ4v) is 1.69. The van der Waals surface area contributed by atoms with Crippen LogP contribution in [-0.2, 0) is 5.41 Å². The van der Waals surface area contributed by atoms with Crippen molar-refractivity contribution in [3.8, 4) is 11.6 Å².